The van der Waals surface area contributed by atoms with Crippen LogP contribution in [-0.2, 0) is 11.3 Å². The normalized spacial score (nSPS) is 25.8. The van der Waals surface area contributed by atoms with Crippen LogP contribution in [0.3, 0.4) is 0 Å². The second kappa shape index (κ2) is 13.3. The molecular formula is C33H42N10O4. The molecule has 2 aliphatic heterocycles. The summed E-state index contributed by atoms with van der Waals surface area (Å²) in [6.45, 7) is 5.11. The molecule has 6 atom stereocenters. The molecule has 3 aliphatic rings. The fourth-order valence-electron chi connectivity index (χ4n) is 7.02. The zero-order chi connectivity index (χ0) is 32.5. The van der Waals surface area contributed by atoms with E-state index in [-0.39, 0.29) is 30.4 Å². The number of urea groups is 1. The molecule has 2 saturated heterocycles. The summed E-state index contributed by atoms with van der Waals surface area (Å²) in [5, 5.41) is 39.9. The predicted molar refractivity (Wildman–Crippen MR) is 178 cm³/mol. The summed E-state index contributed by atoms with van der Waals surface area (Å²) in [6.07, 6.45) is 1.61. The number of hydrogen-bond donors (Lipinski definition) is 7. The van der Waals surface area contributed by atoms with Gasteiger partial charge >= 0.3 is 6.03 Å². The average molecular weight is 643 g/mol. The van der Waals surface area contributed by atoms with Gasteiger partial charge in [-0.3, -0.25) is 4.79 Å². The minimum absolute atomic E-state index is 0.0737. The van der Waals surface area contributed by atoms with Crippen molar-refractivity contribution in [3.8, 4) is 0 Å². The lowest BCUT2D eigenvalue weighted by Crippen LogP contribution is -2.47. The van der Waals surface area contributed by atoms with Crippen molar-refractivity contribution in [2.45, 2.75) is 75.5 Å². The van der Waals surface area contributed by atoms with Crippen molar-refractivity contribution in [3.63, 3.8) is 0 Å². The van der Waals surface area contributed by atoms with E-state index in [4.69, 9.17) is 9.97 Å². The molecule has 7 rings (SSSR count). The van der Waals surface area contributed by atoms with Gasteiger partial charge in [0.2, 0.25) is 11.9 Å². The second-order valence-electron chi connectivity index (χ2n) is 12.7. The van der Waals surface area contributed by atoms with Gasteiger partial charge in [0.1, 0.15) is 12.2 Å². The summed E-state index contributed by atoms with van der Waals surface area (Å²) >= 11 is 0. The molecule has 7 N–H and O–H groups in total. The number of fused-ring (bicyclic) bond motifs is 2. The Morgan fingerprint density at radius 3 is 2.66 bits per heavy atom. The third kappa shape index (κ3) is 6.40. The number of aliphatic hydroxyl groups is 2. The Morgan fingerprint density at radius 1 is 1.00 bits per heavy atom. The average Bonchev–Trinajstić information content (AvgIpc) is 3.90. The second-order valence-corrected chi connectivity index (χ2v) is 12.7. The molecule has 0 spiro atoms. The molecule has 1 saturated carbocycles. The van der Waals surface area contributed by atoms with Gasteiger partial charge in [-0.2, -0.15) is 9.97 Å². The van der Waals surface area contributed by atoms with Gasteiger partial charge in [-0.15, -0.1) is 0 Å². The standard InChI is InChI=1S/C33H42N10O4/c1-2-26(44)39-24-14-25(29(46)28(24)45)43-18-36-27-30(35-15-20-8-5-7-19-6-3-4-9-23(19)20)40-32(41-31(27)43)42-13-11-22(17-42)38-33(47)37-21-10-12-34-16-21/h3-9,18,21-22,24-25,28-29,34,45-46H,2,10-17H2,1H3,(H,39,44)(H,35,40,41)(H2,37,38,47)/t21-,22-,24+,25-,28-,29+/m1/s1. The highest BCUT2D eigenvalue weighted by Gasteiger charge is 2.44. The number of hydrogen-bond acceptors (Lipinski definition) is 10. The number of carbonyl (C=O) groups excluding carboxylic acids is 2. The first-order valence-corrected chi connectivity index (χ1v) is 16.5. The van der Waals surface area contributed by atoms with E-state index in [1.54, 1.807) is 17.8 Å². The SMILES string of the molecule is CCC(=O)N[C@H]1C[C@@H](n2cnc3c(NCc4cccc5ccccc45)nc(N4CC[C@@H](NC(=O)N[C@@H]5CCNC5)C4)nc32)[C@H](O)[C@@H]1O. The highest BCUT2D eigenvalue weighted by Crippen LogP contribution is 2.35. The van der Waals surface area contributed by atoms with Crippen LogP contribution < -0.4 is 31.5 Å². The van der Waals surface area contributed by atoms with Crippen LogP contribution >= 0.6 is 0 Å². The highest BCUT2D eigenvalue weighted by molar-refractivity contribution is 5.87. The van der Waals surface area contributed by atoms with E-state index < -0.39 is 24.3 Å². The maximum atomic E-state index is 12.7. The lowest BCUT2D eigenvalue weighted by molar-refractivity contribution is -0.122. The van der Waals surface area contributed by atoms with Crippen LogP contribution in [-0.4, -0.2) is 98.2 Å². The van der Waals surface area contributed by atoms with E-state index in [9.17, 15) is 19.8 Å². The van der Waals surface area contributed by atoms with Crippen molar-refractivity contribution < 1.29 is 19.8 Å². The van der Waals surface area contributed by atoms with E-state index in [0.29, 0.717) is 49.0 Å². The van der Waals surface area contributed by atoms with E-state index >= 15 is 0 Å². The first-order valence-electron chi connectivity index (χ1n) is 16.5. The van der Waals surface area contributed by atoms with Gasteiger partial charge in [0.25, 0.3) is 0 Å². The van der Waals surface area contributed by atoms with Crippen LogP contribution in [0.5, 0.6) is 0 Å². The van der Waals surface area contributed by atoms with Crippen molar-refractivity contribution in [2.24, 2.45) is 0 Å². The van der Waals surface area contributed by atoms with Crippen molar-refractivity contribution in [2.75, 3.05) is 36.4 Å². The maximum Gasteiger partial charge on any atom is 0.315 e. The summed E-state index contributed by atoms with van der Waals surface area (Å²) in [6, 6.07) is 13.2. The molecule has 3 fully saturated rings. The monoisotopic (exact) mass is 642 g/mol. The fraction of sp³-hybridized carbons (Fsp3) is 0.485. The maximum absolute atomic E-state index is 12.7. The van der Waals surface area contributed by atoms with Crippen LogP contribution in [0.2, 0.25) is 0 Å². The van der Waals surface area contributed by atoms with Gasteiger partial charge in [0.15, 0.2) is 17.0 Å². The molecule has 3 amide bonds. The first-order chi connectivity index (χ1) is 22.9. The van der Waals surface area contributed by atoms with Crippen molar-refractivity contribution in [3.05, 3.63) is 54.4 Å². The number of aromatic nitrogens is 4. The van der Waals surface area contributed by atoms with Gasteiger partial charge in [0, 0.05) is 44.7 Å². The summed E-state index contributed by atoms with van der Waals surface area (Å²) in [5.74, 6) is 0.837. The number of nitrogens with zero attached hydrogens (tertiary/aromatic N) is 5. The van der Waals surface area contributed by atoms with Crippen molar-refractivity contribution in [1.29, 1.82) is 0 Å². The lowest BCUT2D eigenvalue weighted by Gasteiger charge is -2.21. The zero-order valence-corrected chi connectivity index (χ0v) is 26.4. The minimum Gasteiger partial charge on any atom is -0.388 e. The third-order valence-corrected chi connectivity index (χ3v) is 9.61. The number of amides is 3. The van der Waals surface area contributed by atoms with Crippen LogP contribution in [0.4, 0.5) is 16.6 Å². The highest BCUT2D eigenvalue weighted by atomic mass is 16.3. The molecule has 0 radical (unpaired) electrons. The van der Waals surface area contributed by atoms with E-state index in [0.717, 1.165) is 42.3 Å². The molecule has 14 nitrogen and oxygen atoms in total. The zero-order valence-electron chi connectivity index (χ0n) is 26.4. The topological polar surface area (TPSA) is 182 Å². The number of imidazole rings is 1. The molecule has 4 aromatic rings. The molecular weight excluding hydrogens is 600 g/mol. The van der Waals surface area contributed by atoms with E-state index in [1.807, 2.05) is 23.1 Å². The number of anilines is 2. The van der Waals surface area contributed by atoms with Gasteiger partial charge in [-0.1, -0.05) is 49.4 Å². The van der Waals surface area contributed by atoms with Crippen molar-refractivity contribution >= 4 is 45.6 Å². The molecule has 47 heavy (non-hydrogen) atoms. The van der Waals surface area contributed by atoms with E-state index in [1.165, 1.54) is 0 Å². The number of benzene rings is 2. The molecule has 0 unspecified atom stereocenters. The Balaban J connectivity index is 1.17. The molecule has 14 heteroatoms. The van der Waals surface area contributed by atoms with Gasteiger partial charge in [0.05, 0.1) is 18.4 Å². The largest absolute Gasteiger partial charge is 0.388 e. The molecule has 1 aliphatic carbocycles. The summed E-state index contributed by atoms with van der Waals surface area (Å²) in [5.41, 5.74) is 2.15. The van der Waals surface area contributed by atoms with Gasteiger partial charge in [-0.05, 0) is 42.1 Å². The van der Waals surface area contributed by atoms with Gasteiger partial charge in [-0.25, -0.2) is 9.78 Å². The molecule has 4 heterocycles. The molecule has 2 aromatic heterocycles. The molecule has 2 aromatic carbocycles. The lowest BCUT2D eigenvalue weighted by atomic mass is 10.0. The predicted octanol–water partition coefficient (Wildman–Crippen LogP) is 1.39. The number of aliphatic hydroxyl groups excluding tert-OH is 2. The van der Waals surface area contributed by atoms with E-state index in [2.05, 4.69) is 55.8 Å². The van der Waals surface area contributed by atoms with Crippen LogP contribution in [0.1, 0.15) is 44.2 Å². The first kappa shape index (κ1) is 31.1. The number of nitrogens with one attached hydrogen (secondary N) is 5. The van der Waals surface area contributed by atoms with Crippen LogP contribution in [0.25, 0.3) is 21.9 Å². The molecule has 0 bridgehead atoms. The third-order valence-electron chi connectivity index (χ3n) is 9.61. The summed E-state index contributed by atoms with van der Waals surface area (Å²) in [7, 11) is 0. The Labute approximate surface area is 272 Å². The smallest absolute Gasteiger partial charge is 0.315 e. The fourth-order valence-corrected chi connectivity index (χ4v) is 7.02. The number of rotatable bonds is 9. The van der Waals surface area contributed by atoms with Crippen LogP contribution in [0.15, 0.2) is 48.8 Å². The Bertz CT molecular complexity index is 1750. The quantitative estimate of drug-likeness (QED) is 0.141. The summed E-state index contributed by atoms with van der Waals surface area (Å²) in [4.78, 5) is 41.4. The Morgan fingerprint density at radius 2 is 1.83 bits per heavy atom. The summed E-state index contributed by atoms with van der Waals surface area (Å²) < 4.78 is 1.78. The Hall–Kier alpha value is -4.53. The Kier molecular flexibility index (Phi) is 8.80. The van der Waals surface area contributed by atoms with Crippen LogP contribution in [0, 0.1) is 0 Å². The molecule has 248 valence electrons. The minimum atomic E-state index is -1.13. The van der Waals surface area contributed by atoms with Gasteiger partial charge < -0.3 is 46.3 Å². The number of carbonyl (C=O) groups is 2. The van der Waals surface area contributed by atoms with Crippen molar-refractivity contribution in [1.82, 2.24) is 40.8 Å².